The molecule has 2 fully saturated rings. The van der Waals surface area contributed by atoms with E-state index >= 15 is 8.78 Å². The summed E-state index contributed by atoms with van der Waals surface area (Å²) in [4.78, 5) is 17.7. The fourth-order valence-corrected chi connectivity index (χ4v) is 7.87. The predicted octanol–water partition coefficient (Wildman–Crippen LogP) is 4.27. The normalized spacial score (nSPS) is 31.4. The first-order valence-corrected chi connectivity index (χ1v) is 13.0. The number of amides is 1. The largest absolute Gasteiger partial charge is 0.488 e. The minimum Gasteiger partial charge on any atom is -0.423 e. The number of carbonyl (C=O) groups is 1. The summed E-state index contributed by atoms with van der Waals surface area (Å²) < 4.78 is 30.8. The monoisotopic (exact) mass is 488 g/mol. The van der Waals surface area contributed by atoms with E-state index < -0.39 is 18.5 Å². The number of benzene rings is 1. The van der Waals surface area contributed by atoms with Gasteiger partial charge in [0.15, 0.2) is 5.13 Å². The van der Waals surface area contributed by atoms with Crippen LogP contribution in [0, 0.1) is 30.1 Å². The minimum atomic E-state index is -2.73. The molecule has 1 aromatic heterocycles. The zero-order valence-electron chi connectivity index (χ0n) is 19.6. The van der Waals surface area contributed by atoms with Crippen molar-refractivity contribution in [3.63, 3.8) is 0 Å². The lowest BCUT2D eigenvalue weighted by Gasteiger charge is -2.51. The number of anilines is 1. The van der Waals surface area contributed by atoms with Gasteiger partial charge in [-0.2, -0.15) is 0 Å². The molecule has 3 unspecified atom stereocenters. The molecule has 0 aliphatic heterocycles. The van der Waals surface area contributed by atoms with Crippen LogP contribution in [0.2, 0.25) is 0 Å². The number of hydrogen-bond acceptors (Lipinski definition) is 5. The van der Waals surface area contributed by atoms with Gasteiger partial charge >= 0.3 is 7.12 Å². The molecule has 3 N–H and O–H groups in total. The predicted molar refractivity (Wildman–Crippen MR) is 129 cm³/mol. The van der Waals surface area contributed by atoms with Gasteiger partial charge in [-0.1, -0.05) is 25.1 Å². The highest BCUT2D eigenvalue weighted by Crippen LogP contribution is 2.68. The Morgan fingerprint density at radius 3 is 2.82 bits per heavy atom. The Morgan fingerprint density at radius 1 is 1.32 bits per heavy atom. The molecule has 1 amide bonds. The van der Waals surface area contributed by atoms with Crippen molar-refractivity contribution in [3.05, 3.63) is 40.4 Å². The summed E-state index contributed by atoms with van der Waals surface area (Å²) in [6, 6.07) is 5.57. The molecule has 1 aromatic carbocycles. The number of alkyl halides is 2. The average molecular weight is 488 g/mol. The second kappa shape index (κ2) is 8.68. The van der Waals surface area contributed by atoms with Crippen molar-refractivity contribution in [3.8, 4) is 0 Å². The van der Waals surface area contributed by atoms with Crippen LogP contribution in [-0.4, -0.2) is 34.0 Å². The highest BCUT2D eigenvalue weighted by atomic mass is 32.1. The highest BCUT2D eigenvalue weighted by molar-refractivity contribution is 7.15. The fraction of sp³-hybridized carbons (Fsp3) is 0.600. The summed E-state index contributed by atoms with van der Waals surface area (Å²) >= 11 is 1.41. The van der Waals surface area contributed by atoms with E-state index in [2.05, 4.69) is 10.3 Å². The molecule has 1 heterocycles. The minimum absolute atomic E-state index is 0.132. The molecule has 5 nitrogen and oxygen atoms in total. The Hall–Kier alpha value is -1.84. The molecule has 182 valence electrons. The van der Waals surface area contributed by atoms with Gasteiger partial charge in [-0.05, 0) is 79.3 Å². The molecule has 3 aliphatic rings. The van der Waals surface area contributed by atoms with Crippen molar-refractivity contribution < 1.29 is 23.6 Å². The first kappa shape index (κ1) is 23.9. The molecule has 0 saturated heterocycles. The maximum Gasteiger partial charge on any atom is 0.488 e. The molecule has 2 aromatic rings. The summed E-state index contributed by atoms with van der Waals surface area (Å²) in [7, 11) is -1.50. The fourth-order valence-electron chi connectivity index (χ4n) is 7.19. The van der Waals surface area contributed by atoms with Crippen LogP contribution >= 0.6 is 11.3 Å². The van der Waals surface area contributed by atoms with Crippen molar-refractivity contribution in [2.45, 2.75) is 70.6 Å². The van der Waals surface area contributed by atoms with Crippen LogP contribution in [0.1, 0.15) is 67.4 Å². The second-order valence-corrected chi connectivity index (χ2v) is 11.9. The summed E-state index contributed by atoms with van der Waals surface area (Å²) in [6.45, 7) is 3.69. The maximum atomic E-state index is 15.4. The number of rotatable bonds is 5. The van der Waals surface area contributed by atoms with E-state index in [1.54, 1.807) is 19.2 Å². The Labute approximate surface area is 203 Å². The van der Waals surface area contributed by atoms with E-state index in [9.17, 15) is 14.8 Å². The molecule has 0 radical (unpaired) electrons. The average Bonchev–Trinajstić information content (AvgIpc) is 3.28. The number of nitrogens with one attached hydrogen (secondary N) is 1. The molecule has 5 atom stereocenters. The van der Waals surface area contributed by atoms with Crippen molar-refractivity contribution in [2.75, 3.05) is 5.32 Å². The van der Waals surface area contributed by atoms with Gasteiger partial charge in [0.1, 0.15) is 0 Å². The van der Waals surface area contributed by atoms with Gasteiger partial charge in [-0.15, -0.1) is 11.3 Å². The molecule has 9 heteroatoms. The first-order valence-electron chi connectivity index (χ1n) is 12.2. The molecule has 3 aliphatic carbocycles. The van der Waals surface area contributed by atoms with Crippen LogP contribution in [0.5, 0.6) is 0 Å². The van der Waals surface area contributed by atoms with Crippen LogP contribution < -0.4 is 10.8 Å². The van der Waals surface area contributed by atoms with Gasteiger partial charge < -0.3 is 15.4 Å². The molecular formula is C25H31BF2N2O3S. The molecule has 0 bridgehead atoms. The lowest BCUT2D eigenvalue weighted by Crippen LogP contribution is -2.48. The van der Waals surface area contributed by atoms with E-state index in [1.807, 2.05) is 19.1 Å². The number of hydrogen-bond donors (Lipinski definition) is 3. The van der Waals surface area contributed by atoms with Gasteiger partial charge in [0, 0.05) is 29.3 Å². The Kier molecular flexibility index (Phi) is 6.10. The third-order valence-electron chi connectivity index (χ3n) is 8.77. The van der Waals surface area contributed by atoms with Crippen LogP contribution in [0.25, 0.3) is 0 Å². The summed E-state index contributed by atoms with van der Waals surface area (Å²) in [5.74, 6) is -2.87. The Bertz CT molecular complexity index is 1090. The van der Waals surface area contributed by atoms with E-state index in [-0.39, 0.29) is 42.4 Å². The highest BCUT2D eigenvalue weighted by Gasteiger charge is 2.67. The van der Waals surface area contributed by atoms with E-state index in [4.69, 9.17) is 0 Å². The smallest absolute Gasteiger partial charge is 0.423 e. The van der Waals surface area contributed by atoms with E-state index in [0.717, 1.165) is 29.7 Å². The van der Waals surface area contributed by atoms with Crippen LogP contribution in [0.15, 0.2) is 24.4 Å². The van der Waals surface area contributed by atoms with Gasteiger partial charge in [-0.3, -0.25) is 4.79 Å². The lowest BCUT2D eigenvalue weighted by molar-refractivity contribution is -0.133. The summed E-state index contributed by atoms with van der Waals surface area (Å²) in [5, 5.41) is 22.4. The number of thiazole rings is 1. The number of aromatic nitrogens is 1. The molecule has 2 saturated carbocycles. The molecular weight excluding hydrogens is 457 g/mol. The van der Waals surface area contributed by atoms with Gasteiger partial charge in [-0.25, -0.2) is 13.8 Å². The maximum absolute atomic E-state index is 15.4. The zero-order chi connectivity index (χ0) is 24.3. The van der Waals surface area contributed by atoms with Crippen molar-refractivity contribution >= 4 is 35.0 Å². The number of carbonyl (C=O) groups excluding carboxylic acids is 1. The SMILES string of the molecule is Cc1cnc(NC(=O)CC[C@H]2CC(F)(F)[C@@]3(C)CCC4c5ccc(B(O)O)cc5CCC4C23)s1. The second-order valence-electron chi connectivity index (χ2n) is 10.7. The summed E-state index contributed by atoms with van der Waals surface area (Å²) in [5.41, 5.74) is 1.72. The van der Waals surface area contributed by atoms with Gasteiger partial charge in [0.2, 0.25) is 5.91 Å². The van der Waals surface area contributed by atoms with Gasteiger partial charge in [0.05, 0.1) is 0 Å². The third kappa shape index (κ3) is 3.99. The van der Waals surface area contributed by atoms with E-state index in [1.165, 1.54) is 16.9 Å². The van der Waals surface area contributed by atoms with Crippen molar-refractivity contribution in [1.29, 1.82) is 0 Å². The topological polar surface area (TPSA) is 82.5 Å². The molecule has 5 rings (SSSR count). The van der Waals surface area contributed by atoms with Crippen molar-refractivity contribution in [2.24, 2.45) is 23.2 Å². The lowest BCUT2D eigenvalue weighted by atomic mass is 9.53. The van der Waals surface area contributed by atoms with Crippen LogP contribution in [0.3, 0.4) is 0 Å². The Balaban J connectivity index is 1.36. The first-order chi connectivity index (χ1) is 16.1. The number of nitrogens with zero attached hydrogens (tertiary/aromatic N) is 1. The van der Waals surface area contributed by atoms with Crippen molar-refractivity contribution in [1.82, 2.24) is 4.98 Å². The quantitative estimate of drug-likeness (QED) is 0.550. The van der Waals surface area contributed by atoms with Gasteiger partial charge in [0.25, 0.3) is 5.92 Å². The Morgan fingerprint density at radius 2 is 2.12 bits per heavy atom. The van der Waals surface area contributed by atoms with Crippen LogP contribution in [0.4, 0.5) is 13.9 Å². The molecule has 0 spiro atoms. The van der Waals surface area contributed by atoms with Crippen LogP contribution in [-0.2, 0) is 11.2 Å². The summed E-state index contributed by atoms with van der Waals surface area (Å²) in [6.07, 6.45) is 5.00. The number of halogens is 2. The number of fused-ring (bicyclic) bond motifs is 5. The number of aryl methyl sites for hydroxylation is 2. The standard InChI is InChI=1S/C25H31BF2N2O3S/c1-14-13-29-23(34-14)30-21(31)8-4-16-12-25(27,28)24(2)10-9-19-18-7-5-17(26(32)33)11-15(18)3-6-20(19)22(16)24/h5,7,11,13,16,19-20,22,32-33H,3-4,6,8-10,12H2,1-2H3,(H,29,30,31)/t16-,19?,20?,22?,24-/m0/s1. The third-order valence-corrected chi connectivity index (χ3v) is 9.60. The van der Waals surface area contributed by atoms with E-state index in [0.29, 0.717) is 23.4 Å². The molecule has 34 heavy (non-hydrogen) atoms. The zero-order valence-corrected chi connectivity index (χ0v) is 20.4.